The Morgan fingerprint density at radius 1 is 1.14 bits per heavy atom. The number of thioether (sulfide) groups is 1. The van der Waals surface area contributed by atoms with E-state index < -0.39 is 0 Å². The summed E-state index contributed by atoms with van der Waals surface area (Å²) in [6, 6.07) is 14.1. The summed E-state index contributed by atoms with van der Waals surface area (Å²) in [5.41, 5.74) is 7.39. The number of carbonyl (C=O) groups is 1. The van der Waals surface area contributed by atoms with Crippen LogP contribution in [0.25, 0.3) is 11.0 Å². The first-order valence-corrected chi connectivity index (χ1v) is 10.5. The molecule has 1 aliphatic heterocycles. The Bertz CT molecular complexity index is 969. The average molecular weight is 435 g/mol. The molecule has 0 saturated carbocycles. The molecule has 2 N–H and O–H groups in total. The van der Waals surface area contributed by atoms with Gasteiger partial charge in [-0.1, -0.05) is 18.2 Å². The quantitative estimate of drug-likeness (QED) is 0.568. The number of carbonyl (C=O) groups excluding carboxylic acids is 1. The van der Waals surface area contributed by atoms with Gasteiger partial charge in [0, 0.05) is 34.7 Å². The lowest BCUT2D eigenvalue weighted by Gasteiger charge is -2.31. The van der Waals surface area contributed by atoms with E-state index in [1.54, 1.807) is 23.9 Å². The van der Waals surface area contributed by atoms with Crippen molar-refractivity contribution >= 4 is 41.0 Å². The van der Waals surface area contributed by atoms with Crippen molar-refractivity contribution in [3.8, 4) is 0 Å². The zero-order valence-corrected chi connectivity index (χ0v) is 17.6. The van der Waals surface area contributed by atoms with Crippen LogP contribution in [-0.4, -0.2) is 30.4 Å². The van der Waals surface area contributed by atoms with Crippen molar-refractivity contribution in [2.75, 3.05) is 19.6 Å². The van der Waals surface area contributed by atoms with Gasteiger partial charge in [-0.05, 0) is 55.6 Å². The summed E-state index contributed by atoms with van der Waals surface area (Å²) in [6.07, 6.45) is 1.87. The standard InChI is InChI=1S/C22H23FN2O2S.ClH/c23-16-5-7-17(8-6-16)28-14-19-18-3-1-2-4-20(18)27-21(19)22(26)25-11-9-15(13-24)10-12-25;/h1-8,15H,9-14,24H2;1H. The van der Waals surface area contributed by atoms with E-state index >= 15 is 0 Å². The van der Waals surface area contributed by atoms with Gasteiger partial charge in [-0.2, -0.15) is 0 Å². The molecule has 0 unspecified atom stereocenters. The van der Waals surface area contributed by atoms with E-state index in [1.165, 1.54) is 12.1 Å². The number of likely N-dealkylation sites (tertiary alicyclic amines) is 1. The minimum absolute atomic E-state index is 0. The highest BCUT2D eigenvalue weighted by Gasteiger charge is 2.28. The first-order chi connectivity index (χ1) is 13.7. The lowest BCUT2D eigenvalue weighted by Crippen LogP contribution is -2.40. The van der Waals surface area contributed by atoms with Crippen LogP contribution >= 0.6 is 24.2 Å². The van der Waals surface area contributed by atoms with Crippen LogP contribution in [0.5, 0.6) is 0 Å². The fourth-order valence-electron chi connectivity index (χ4n) is 3.62. The lowest BCUT2D eigenvalue weighted by molar-refractivity contribution is 0.0662. The summed E-state index contributed by atoms with van der Waals surface area (Å²) < 4.78 is 19.1. The predicted octanol–water partition coefficient (Wildman–Crippen LogP) is 5.10. The molecule has 1 aromatic heterocycles. The molecule has 29 heavy (non-hydrogen) atoms. The molecule has 1 saturated heterocycles. The molecule has 0 spiro atoms. The van der Waals surface area contributed by atoms with Gasteiger partial charge in [0.2, 0.25) is 0 Å². The van der Waals surface area contributed by atoms with Gasteiger partial charge in [0.1, 0.15) is 11.4 Å². The Kier molecular flexibility index (Phi) is 7.22. The maximum Gasteiger partial charge on any atom is 0.289 e. The third kappa shape index (κ3) is 4.77. The second kappa shape index (κ2) is 9.65. The molecule has 1 amide bonds. The van der Waals surface area contributed by atoms with E-state index in [0.29, 0.717) is 37.1 Å². The van der Waals surface area contributed by atoms with Crippen LogP contribution in [0.2, 0.25) is 0 Å². The SMILES string of the molecule is Cl.NCC1CCN(C(=O)c2oc3ccccc3c2CSc2ccc(F)cc2)CC1. The first kappa shape index (κ1) is 21.7. The molecular weight excluding hydrogens is 411 g/mol. The van der Waals surface area contributed by atoms with Crippen LogP contribution in [0.15, 0.2) is 57.8 Å². The molecule has 0 radical (unpaired) electrons. The number of nitrogens with two attached hydrogens (primary N) is 1. The van der Waals surface area contributed by atoms with Gasteiger partial charge >= 0.3 is 0 Å². The topological polar surface area (TPSA) is 59.5 Å². The number of piperidine rings is 1. The van der Waals surface area contributed by atoms with Crippen LogP contribution in [0.4, 0.5) is 4.39 Å². The normalized spacial score (nSPS) is 14.8. The Balaban J connectivity index is 0.00000240. The number of hydrogen-bond acceptors (Lipinski definition) is 4. The third-order valence-corrected chi connectivity index (χ3v) is 6.36. The largest absolute Gasteiger partial charge is 0.451 e. The summed E-state index contributed by atoms with van der Waals surface area (Å²) in [6.45, 7) is 2.09. The fraction of sp³-hybridized carbons (Fsp3) is 0.318. The first-order valence-electron chi connectivity index (χ1n) is 9.54. The monoisotopic (exact) mass is 434 g/mol. The number of amides is 1. The van der Waals surface area contributed by atoms with E-state index in [0.717, 1.165) is 34.3 Å². The molecule has 2 heterocycles. The zero-order valence-electron chi connectivity index (χ0n) is 16.0. The van der Waals surface area contributed by atoms with Crippen molar-refractivity contribution in [2.45, 2.75) is 23.5 Å². The molecule has 2 aromatic carbocycles. The third-order valence-electron chi connectivity index (χ3n) is 5.32. The summed E-state index contributed by atoms with van der Waals surface area (Å²) in [4.78, 5) is 16.0. The molecule has 4 nitrogen and oxygen atoms in total. The number of halogens is 2. The van der Waals surface area contributed by atoms with Gasteiger partial charge < -0.3 is 15.1 Å². The molecule has 4 rings (SSSR count). The number of furan rings is 1. The Morgan fingerprint density at radius 2 is 1.83 bits per heavy atom. The number of rotatable bonds is 5. The molecule has 7 heteroatoms. The Labute approximate surface area is 180 Å². The van der Waals surface area contributed by atoms with Crippen molar-refractivity contribution < 1.29 is 13.6 Å². The van der Waals surface area contributed by atoms with Crippen molar-refractivity contribution in [3.63, 3.8) is 0 Å². The van der Waals surface area contributed by atoms with Crippen LogP contribution in [0.1, 0.15) is 29.0 Å². The summed E-state index contributed by atoms with van der Waals surface area (Å²) >= 11 is 1.57. The maximum atomic E-state index is 13.2. The van der Waals surface area contributed by atoms with Crippen LogP contribution < -0.4 is 5.73 Å². The van der Waals surface area contributed by atoms with Gasteiger partial charge in [0.15, 0.2) is 5.76 Å². The summed E-state index contributed by atoms with van der Waals surface area (Å²) in [5.74, 6) is 1.19. The molecule has 1 aliphatic rings. The van der Waals surface area contributed by atoms with E-state index in [2.05, 4.69) is 0 Å². The molecule has 3 aromatic rings. The minimum Gasteiger partial charge on any atom is -0.451 e. The van der Waals surface area contributed by atoms with Crippen LogP contribution in [-0.2, 0) is 5.75 Å². The van der Waals surface area contributed by atoms with Crippen molar-refractivity contribution in [3.05, 3.63) is 65.7 Å². The van der Waals surface area contributed by atoms with Gasteiger partial charge in [0.05, 0.1) is 0 Å². The number of benzene rings is 2. The highest BCUT2D eigenvalue weighted by molar-refractivity contribution is 7.98. The van der Waals surface area contributed by atoms with Gasteiger partial charge in [-0.15, -0.1) is 24.2 Å². The van der Waals surface area contributed by atoms with Crippen molar-refractivity contribution in [1.82, 2.24) is 4.90 Å². The smallest absolute Gasteiger partial charge is 0.289 e. The van der Waals surface area contributed by atoms with Crippen molar-refractivity contribution in [2.24, 2.45) is 11.7 Å². The predicted molar refractivity (Wildman–Crippen MR) is 117 cm³/mol. The van der Waals surface area contributed by atoms with Crippen molar-refractivity contribution in [1.29, 1.82) is 0 Å². The van der Waals surface area contributed by atoms with Crippen LogP contribution in [0.3, 0.4) is 0 Å². The number of fused-ring (bicyclic) bond motifs is 1. The second-order valence-electron chi connectivity index (χ2n) is 7.12. The minimum atomic E-state index is -0.255. The summed E-state index contributed by atoms with van der Waals surface area (Å²) in [7, 11) is 0. The highest BCUT2D eigenvalue weighted by atomic mass is 35.5. The molecule has 0 aliphatic carbocycles. The van der Waals surface area contributed by atoms with E-state index in [4.69, 9.17) is 10.2 Å². The van der Waals surface area contributed by atoms with Gasteiger partial charge in [-0.25, -0.2) is 4.39 Å². The van der Waals surface area contributed by atoms with Gasteiger partial charge in [-0.3, -0.25) is 4.79 Å². The lowest BCUT2D eigenvalue weighted by atomic mass is 9.97. The van der Waals surface area contributed by atoms with E-state index in [9.17, 15) is 9.18 Å². The van der Waals surface area contributed by atoms with Gasteiger partial charge in [0.25, 0.3) is 5.91 Å². The zero-order chi connectivity index (χ0) is 19.5. The molecule has 154 valence electrons. The molecule has 0 atom stereocenters. The summed E-state index contributed by atoms with van der Waals surface area (Å²) in [5, 5.41) is 0.956. The average Bonchev–Trinajstić information content (AvgIpc) is 3.11. The molecule has 1 fully saturated rings. The second-order valence-corrected chi connectivity index (χ2v) is 8.17. The van der Waals surface area contributed by atoms with Crippen LogP contribution in [0, 0.1) is 11.7 Å². The fourth-order valence-corrected chi connectivity index (χ4v) is 4.54. The van der Waals surface area contributed by atoms with E-state index in [-0.39, 0.29) is 24.1 Å². The molecular formula is C22H24ClFN2O2S. The maximum absolute atomic E-state index is 13.2. The number of nitrogens with zero attached hydrogens (tertiary/aromatic N) is 1. The Morgan fingerprint density at radius 3 is 2.52 bits per heavy atom. The van der Waals surface area contributed by atoms with E-state index in [1.807, 2.05) is 29.2 Å². The Hall–Kier alpha value is -2.02. The number of para-hydroxylation sites is 1. The number of hydrogen-bond donors (Lipinski definition) is 1. The highest BCUT2D eigenvalue weighted by Crippen LogP contribution is 2.33. The molecule has 0 bridgehead atoms.